The van der Waals surface area contributed by atoms with Gasteiger partial charge in [-0.05, 0) is 24.3 Å². The van der Waals surface area contributed by atoms with Crippen molar-refractivity contribution in [3.8, 4) is 11.5 Å². The van der Waals surface area contributed by atoms with Crippen molar-refractivity contribution in [2.75, 3.05) is 13.1 Å². The van der Waals surface area contributed by atoms with Crippen LogP contribution < -0.4 is 4.74 Å². The fourth-order valence-electron chi connectivity index (χ4n) is 3.06. The second kappa shape index (κ2) is 7.62. The standard InChI is InChI=1S/C18H14ClF3N2O5/c19-14-9-11(18(20,21)22)3-6-16(14)29-12-4-5-15(23(26)27)13(10-12)17(25)24(28)7-1-2-8-24/h3-6,9-10H,1-2,7-8H2. The number of amides is 1. The average Bonchev–Trinajstić information content (AvgIpc) is 3.09. The smallest absolute Gasteiger partial charge is 0.416 e. The largest absolute Gasteiger partial charge is 0.625 e. The van der Waals surface area contributed by atoms with E-state index in [0.29, 0.717) is 18.9 Å². The van der Waals surface area contributed by atoms with Crippen molar-refractivity contribution in [2.24, 2.45) is 0 Å². The first-order chi connectivity index (χ1) is 13.5. The highest BCUT2D eigenvalue weighted by atomic mass is 35.5. The van der Waals surface area contributed by atoms with Gasteiger partial charge < -0.3 is 9.94 Å². The van der Waals surface area contributed by atoms with Gasteiger partial charge in [-0.3, -0.25) is 14.8 Å². The summed E-state index contributed by atoms with van der Waals surface area (Å²) in [5, 5.41) is 23.6. The van der Waals surface area contributed by atoms with Gasteiger partial charge in [0.05, 0.1) is 28.6 Å². The Balaban J connectivity index is 1.95. The van der Waals surface area contributed by atoms with Crippen LogP contribution in [0.3, 0.4) is 0 Å². The SMILES string of the molecule is O=C(c1cc(Oc2ccc(C(F)(F)F)cc2Cl)ccc1[N+](=O)[O-])[N+]1([O-])CCCC1. The number of hydrogen-bond donors (Lipinski definition) is 0. The van der Waals surface area contributed by atoms with Crippen LogP contribution in [0.2, 0.25) is 5.02 Å². The highest BCUT2D eigenvalue weighted by Gasteiger charge is 2.37. The molecule has 2 aromatic rings. The number of alkyl halides is 3. The molecule has 11 heteroatoms. The second-order valence-corrected chi connectivity index (χ2v) is 6.94. The highest BCUT2D eigenvalue weighted by molar-refractivity contribution is 6.32. The van der Waals surface area contributed by atoms with Gasteiger partial charge in [0.1, 0.15) is 11.5 Å². The molecule has 1 aliphatic heterocycles. The van der Waals surface area contributed by atoms with E-state index in [1.54, 1.807) is 0 Å². The summed E-state index contributed by atoms with van der Waals surface area (Å²) in [5.74, 6) is -1.18. The third-order valence-corrected chi connectivity index (χ3v) is 4.84. The third kappa shape index (κ3) is 4.34. The number of likely N-dealkylation sites (tertiary alicyclic amines) is 1. The summed E-state index contributed by atoms with van der Waals surface area (Å²) >= 11 is 5.84. The molecule has 1 fully saturated rings. The van der Waals surface area contributed by atoms with Gasteiger partial charge in [0.2, 0.25) is 0 Å². The number of nitro groups is 1. The molecule has 0 N–H and O–H groups in total. The van der Waals surface area contributed by atoms with E-state index in [2.05, 4.69) is 0 Å². The zero-order valence-electron chi connectivity index (χ0n) is 14.7. The van der Waals surface area contributed by atoms with E-state index in [9.17, 15) is 33.3 Å². The number of rotatable bonds is 4. The van der Waals surface area contributed by atoms with Crippen LogP contribution in [0.4, 0.5) is 18.9 Å². The van der Waals surface area contributed by atoms with E-state index in [-0.39, 0.29) is 29.6 Å². The zero-order chi connectivity index (χ0) is 21.4. The minimum Gasteiger partial charge on any atom is -0.625 e. The fraction of sp³-hybridized carbons (Fsp3) is 0.278. The van der Waals surface area contributed by atoms with E-state index >= 15 is 0 Å². The summed E-state index contributed by atoms with van der Waals surface area (Å²) in [5.41, 5.74) is -1.95. The summed E-state index contributed by atoms with van der Waals surface area (Å²) < 4.78 is 42.4. The monoisotopic (exact) mass is 430 g/mol. The molecule has 1 saturated heterocycles. The molecule has 29 heavy (non-hydrogen) atoms. The number of ether oxygens (including phenoxy) is 1. The van der Waals surface area contributed by atoms with Gasteiger partial charge in [-0.15, -0.1) is 0 Å². The van der Waals surface area contributed by atoms with Crippen LogP contribution in [0.1, 0.15) is 28.8 Å². The molecule has 1 aliphatic rings. The molecule has 3 rings (SSSR count). The summed E-state index contributed by atoms with van der Waals surface area (Å²) in [4.78, 5) is 23.2. The number of nitro benzene ring substituents is 1. The third-order valence-electron chi connectivity index (χ3n) is 4.54. The van der Waals surface area contributed by atoms with Gasteiger partial charge in [0.15, 0.2) is 5.56 Å². The predicted octanol–water partition coefficient (Wildman–Crippen LogP) is 5.31. The number of benzene rings is 2. The lowest BCUT2D eigenvalue weighted by Crippen LogP contribution is -2.45. The molecule has 0 atom stereocenters. The Labute approximate surface area is 167 Å². The maximum atomic E-state index is 12.7. The number of hydroxylamine groups is 3. The maximum Gasteiger partial charge on any atom is 0.416 e. The van der Waals surface area contributed by atoms with Gasteiger partial charge in [-0.2, -0.15) is 13.2 Å². The van der Waals surface area contributed by atoms with Crippen molar-refractivity contribution in [2.45, 2.75) is 19.0 Å². The molecule has 154 valence electrons. The zero-order valence-corrected chi connectivity index (χ0v) is 15.5. The molecule has 0 bridgehead atoms. The van der Waals surface area contributed by atoms with Crippen LogP contribution in [0.25, 0.3) is 0 Å². The van der Waals surface area contributed by atoms with Gasteiger partial charge in [-0.25, -0.2) is 4.79 Å². The quantitative estimate of drug-likeness (QED) is 0.284. The first-order valence-electron chi connectivity index (χ1n) is 8.47. The molecule has 0 radical (unpaired) electrons. The molecular formula is C18H14ClF3N2O5. The Kier molecular flexibility index (Phi) is 5.52. The molecule has 0 aromatic heterocycles. The van der Waals surface area contributed by atoms with Gasteiger partial charge in [0.25, 0.3) is 5.69 Å². The summed E-state index contributed by atoms with van der Waals surface area (Å²) in [6, 6.07) is 5.64. The van der Waals surface area contributed by atoms with Crippen molar-refractivity contribution in [1.82, 2.24) is 0 Å². The number of halogens is 4. The van der Waals surface area contributed by atoms with Crippen LogP contribution in [0.15, 0.2) is 36.4 Å². The van der Waals surface area contributed by atoms with Crippen LogP contribution in [0, 0.1) is 15.3 Å². The highest BCUT2D eigenvalue weighted by Crippen LogP contribution is 2.37. The summed E-state index contributed by atoms with van der Waals surface area (Å²) in [7, 11) is 0. The number of carbonyl (C=O) groups excluding carboxylic acids is 1. The normalized spacial score (nSPS) is 15.9. The minimum absolute atomic E-state index is 0.0196. The van der Waals surface area contributed by atoms with Crippen molar-refractivity contribution in [1.29, 1.82) is 0 Å². The van der Waals surface area contributed by atoms with Gasteiger partial charge >= 0.3 is 12.1 Å². The molecule has 1 heterocycles. The summed E-state index contributed by atoms with van der Waals surface area (Å²) in [6.45, 7) is 0.0393. The first-order valence-corrected chi connectivity index (χ1v) is 8.85. The Bertz CT molecular complexity index is 974. The average molecular weight is 431 g/mol. The lowest BCUT2D eigenvalue weighted by atomic mass is 10.1. The van der Waals surface area contributed by atoms with E-state index < -0.39 is 38.5 Å². The molecule has 0 spiro atoms. The van der Waals surface area contributed by atoms with Crippen molar-refractivity contribution < 1.29 is 32.3 Å². The van der Waals surface area contributed by atoms with Crippen molar-refractivity contribution >= 4 is 23.2 Å². The predicted molar refractivity (Wildman–Crippen MR) is 96.6 cm³/mol. The lowest BCUT2D eigenvalue weighted by Gasteiger charge is -2.34. The van der Waals surface area contributed by atoms with E-state index in [1.807, 2.05) is 0 Å². The van der Waals surface area contributed by atoms with E-state index in [0.717, 1.165) is 24.3 Å². The second-order valence-electron chi connectivity index (χ2n) is 6.53. The molecule has 0 saturated carbocycles. The van der Waals surface area contributed by atoms with Crippen LogP contribution in [-0.4, -0.2) is 28.6 Å². The van der Waals surface area contributed by atoms with E-state index in [4.69, 9.17) is 16.3 Å². The van der Waals surface area contributed by atoms with Crippen molar-refractivity contribution in [3.63, 3.8) is 0 Å². The molecular weight excluding hydrogens is 417 g/mol. The molecule has 0 unspecified atom stereocenters. The minimum atomic E-state index is -4.59. The van der Waals surface area contributed by atoms with E-state index in [1.165, 1.54) is 6.07 Å². The van der Waals surface area contributed by atoms with Gasteiger partial charge in [-0.1, -0.05) is 11.6 Å². The molecule has 0 aliphatic carbocycles. The van der Waals surface area contributed by atoms with Gasteiger partial charge in [0, 0.05) is 25.0 Å². The van der Waals surface area contributed by atoms with Crippen LogP contribution in [-0.2, 0) is 6.18 Å². The Morgan fingerprint density at radius 2 is 1.79 bits per heavy atom. The molecule has 2 aromatic carbocycles. The topological polar surface area (TPSA) is 92.5 Å². The van der Waals surface area contributed by atoms with Crippen LogP contribution >= 0.6 is 11.6 Å². The Morgan fingerprint density at radius 3 is 2.34 bits per heavy atom. The molecule has 7 nitrogen and oxygen atoms in total. The lowest BCUT2D eigenvalue weighted by molar-refractivity contribution is -0.784. The fourth-order valence-corrected chi connectivity index (χ4v) is 3.28. The number of quaternary nitrogens is 1. The van der Waals surface area contributed by atoms with Crippen LogP contribution in [0.5, 0.6) is 11.5 Å². The Hall–Kier alpha value is -2.69. The number of hydrogen-bond acceptors (Lipinski definition) is 5. The Morgan fingerprint density at radius 1 is 1.14 bits per heavy atom. The molecule has 1 amide bonds. The maximum absolute atomic E-state index is 12.7. The number of nitrogens with zero attached hydrogens (tertiary/aromatic N) is 2. The summed E-state index contributed by atoms with van der Waals surface area (Å²) in [6.07, 6.45) is -3.53. The first kappa shape index (κ1) is 21.0. The number of carbonyl (C=O) groups is 1. The van der Waals surface area contributed by atoms with Crippen molar-refractivity contribution in [3.05, 3.63) is 67.9 Å².